The molecular formula is C15H17Cl2N3O. The van der Waals surface area contributed by atoms with E-state index in [1.807, 2.05) is 12.1 Å². The van der Waals surface area contributed by atoms with Crippen molar-refractivity contribution in [2.45, 2.75) is 31.6 Å². The molecule has 1 aliphatic carbocycles. The molecule has 1 aromatic carbocycles. The predicted octanol–water partition coefficient (Wildman–Crippen LogP) is 3.81. The van der Waals surface area contributed by atoms with Crippen LogP contribution in [0.2, 0.25) is 10.0 Å². The highest BCUT2D eigenvalue weighted by atomic mass is 35.5. The van der Waals surface area contributed by atoms with Crippen molar-refractivity contribution in [2.75, 3.05) is 6.54 Å². The monoisotopic (exact) mass is 325 g/mol. The third-order valence-corrected chi connectivity index (χ3v) is 4.85. The lowest BCUT2D eigenvalue weighted by Gasteiger charge is -2.12. The molecule has 3 rings (SSSR count). The number of hydrogen-bond donors (Lipinski definition) is 1. The van der Waals surface area contributed by atoms with Crippen molar-refractivity contribution in [1.82, 2.24) is 10.1 Å². The van der Waals surface area contributed by atoms with Gasteiger partial charge in [0.15, 0.2) is 5.82 Å². The van der Waals surface area contributed by atoms with Crippen LogP contribution in [0.3, 0.4) is 0 Å². The zero-order valence-corrected chi connectivity index (χ0v) is 13.1. The quantitative estimate of drug-likeness (QED) is 0.928. The van der Waals surface area contributed by atoms with Crippen LogP contribution in [0.5, 0.6) is 0 Å². The van der Waals surface area contributed by atoms with Gasteiger partial charge in [0.1, 0.15) is 0 Å². The van der Waals surface area contributed by atoms with E-state index in [1.165, 1.54) is 6.42 Å². The summed E-state index contributed by atoms with van der Waals surface area (Å²) in [7, 11) is 0. The van der Waals surface area contributed by atoms with Gasteiger partial charge >= 0.3 is 0 Å². The highest BCUT2D eigenvalue weighted by Crippen LogP contribution is 2.38. The Kier molecular flexibility index (Phi) is 4.48. The molecule has 0 saturated heterocycles. The summed E-state index contributed by atoms with van der Waals surface area (Å²) in [6.07, 6.45) is 3.99. The van der Waals surface area contributed by atoms with Gasteiger partial charge in [-0.1, -0.05) is 40.8 Å². The number of rotatable bonds is 4. The van der Waals surface area contributed by atoms with Gasteiger partial charge in [0.05, 0.1) is 10.0 Å². The van der Waals surface area contributed by atoms with Crippen molar-refractivity contribution in [3.05, 3.63) is 45.5 Å². The summed E-state index contributed by atoms with van der Waals surface area (Å²) in [5, 5.41) is 5.16. The maximum Gasteiger partial charge on any atom is 0.230 e. The maximum absolute atomic E-state index is 6.02. The van der Waals surface area contributed by atoms with Crippen molar-refractivity contribution in [3.63, 3.8) is 0 Å². The standard InChI is InChI=1S/C15H17Cl2N3O/c16-12-5-4-9(6-13(12)17)7-14-19-15(21-20-14)11-3-1-2-10(11)8-18/h4-6,10-11H,1-3,7-8,18H2. The van der Waals surface area contributed by atoms with Crippen molar-refractivity contribution in [1.29, 1.82) is 0 Å². The van der Waals surface area contributed by atoms with Crippen LogP contribution in [0.1, 0.15) is 42.5 Å². The Hall–Kier alpha value is -1.10. The number of aromatic nitrogens is 2. The molecule has 2 N–H and O–H groups in total. The van der Waals surface area contributed by atoms with Crippen LogP contribution in [0.4, 0.5) is 0 Å². The SMILES string of the molecule is NCC1CCCC1c1nc(Cc2ccc(Cl)c(Cl)c2)no1. The lowest BCUT2D eigenvalue weighted by molar-refractivity contribution is 0.323. The average Bonchev–Trinajstić information content (AvgIpc) is 3.11. The summed E-state index contributed by atoms with van der Waals surface area (Å²) in [4.78, 5) is 4.53. The van der Waals surface area contributed by atoms with E-state index in [0.29, 0.717) is 40.7 Å². The van der Waals surface area contributed by atoms with Crippen LogP contribution in [-0.4, -0.2) is 16.7 Å². The zero-order valence-electron chi connectivity index (χ0n) is 11.6. The Morgan fingerprint density at radius 1 is 1.24 bits per heavy atom. The Labute approximate surface area is 133 Å². The molecule has 0 aliphatic heterocycles. The van der Waals surface area contributed by atoms with Crippen molar-refractivity contribution >= 4 is 23.2 Å². The van der Waals surface area contributed by atoms with Crippen LogP contribution >= 0.6 is 23.2 Å². The Bertz CT molecular complexity index is 629. The van der Waals surface area contributed by atoms with Gasteiger partial charge in [0.2, 0.25) is 5.89 Å². The van der Waals surface area contributed by atoms with E-state index in [2.05, 4.69) is 10.1 Å². The van der Waals surface area contributed by atoms with Crippen molar-refractivity contribution in [2.24, 2.45) is 11.7 Å². The lowest BCUT2D eigenvalue weighted by Crippen LogP contribution is -2.17. The van der Waals surface area contributed by atoms with Crippen molar-refractivity contribution in [3.8, 4) is 0 Å². The van der Waals surface area contributed by atoms with Crippen LogP contribution in [0.15, 0.2) is 22.7 Å². The summed E-state index contributed by atoms with van der Waals surface area (Å²) >= 11 is 11.9. The van der Waals surface area contributed by atoms with Gasteiger partial charge in [0, 0.05) is 12.3 Å². The molecular weight excluding hydrogens is 309 g/mol. The largest absolute Gasteiger partial charge is 0.339 e. The number of hydrogen-bond acceptors (Lipinski definition) is 4. The minimum Gasteiger partial charge on any atom is -0.339 e. The van der Waals surface area contributed by atoms with Crippen LogP contribution in [-0.2, 0) is 6.42 Å². The molecule has 4 nitrogen and oxygen atoms in total. The van der Waals surface area contributed by atoms with E-state index in [9.17, 15) is 0 Å². The molecule has 1 aromatic heterocycles. The molecule has 2 unspecified atom stereocenters. The van der Waals surface area contributed by atoms with E-state index in [0.717, 1.165) is 24.3 Å². The summed E-state index contributed by atoms with van der Waals surface area (Å²) in [6, 6.07) is 5.53. The minimum absolute atomic E-state index is 0.310. The molecule has 6 heteroatoms. The van der Waals surface area contributed by atoms with E-state index in [-0.39, 0.29) is 0 Å². The third-order valence-electron chi connectivity index (χ3n) is 4.11. The lowest BCUT2D eigenvalue weighted by atomic mass is 9.96. The number of nitrogens with zero attached hydrogens (tertiary/aromatic N) is 2. The molecule has 2 atom stereocenters. The summed E-state index contributed by atoms with van der Waals surface area (Å²) in [6.45, 7) is 0.676. The maximum atomic E-state index is 6.02. The Morgan fingerprint density at radius 2 is 2.10 bits per heavy atom. The van der Waals surface area contributed by atoms with Gasteiger partial charge in [-0.05, 0) is 43.0 Å². The molecule has 0 spiro atoms. The zero-order chi connectivity index (χ0) is 14.8. The second kappa shape index (κ2) is 6.34. The second-order valence-corrected chi connectivity index (χ2v) is 6.32. The molecule has 1 heterocycles. The van der Waals surface area contributed by atoms with E-state index < -0.39 is 0 Å². The Morgan fingerprint density at radius 3 is 2.86 bits per heavy atom. The fourth-order valence-corrected chi connectivity index (χ4v) is 3.29. The predicted molar refractivity (Wildman–Crippen MR) is 82.7 cm³/mol. The molecule has 21 heavy (non-hydrogen) atoms. The van der Waals surface area contributed by atoms with E-state index in [4.69, 9.17) is 33.5 Å². The Balaban J connectivity index is 1.74. The molecule has 0 bridgehead atoms. The normalized spacial score (nSPS) is 21.9. The number of halogens is 2. The average molecular weight is 326 g/mol. The number of nitrogens with two attached hydrogens (primary N) is 1. The topological polar surface area (TPSA) is 64.9 Å². The molecule has 112 valence electrons. The summed E-state index contributed by atoms with van der Waals surface area (Å²) in [5.74, 6) is 2.16. The third kappa shape index (κ3) is 3.23. The minimum atomic E-state index is 0.310. The fraction of sp³-hybridized carbons (Fsp3) is 0.467. The molecule has 2 aromatic rings. The molecule has 1 aliphatic rings. The van der Waals surface area contributed by atoms with Crippen LogP contribution in [0, 0.1) is 5.92 Å². The van der Waals surface area contributed by atoms with Gasteiger partial charge in [0.25, 0.3) is 0 Å². The fourth-order valence-electron chi connectivity index (χ4n) is 2.97. The second-order valence-electron chi connectivity index (χ2n) is 5.51. The van der Waals surface area contributed by atoms with Crippen molar-refractivity contribution < 1.29 is 4.52 Å². The molecule has 1 saturated carbocycles. The van der Waals surface area contributed by atoms with Crippen LogP contribution < -0.4 is 5.73 Å². The van der Waals surface area contributed by atoms with Gasteiger partial charge in [-0.3, -0.25) is 0 Å². The smallest absolute Gasteiger partial charge is 0.230 e. The first kappa shape index (κ1) is 14.8. The summed E-state index contributed by atoms with van der Waals surface area (Å²) < 4.78 is 5.43. The highest BCUT2D eigenvalue weighted by Gasteiger charge is 2.31. The highest BCUT2D eigenvalue weighted by molar-refractivity contribution is 6.42. The van der Waals surface area contributed by atoms with Gasteiger partial charge in [-0.15, -0.1) is 0 Å². The molecule has 0 radical (unpaired) electrons. The summed E-state index contributed by atoms with van der Waals surface area (Å²) in [5.41, 5.74) is 6.82. The van der Waals surface area contributed by atoms with Gasteiger partial charge in [-0.2, -0.15) is 4.98 Å². The molecule has 0 amide bonds. The van der Waals surface area contributed by atoms with Gasteiger partial charge < -0.3 is 10.3 Å². The van der Waals surface area contributed by atoms with E-state index in [1.54, 1.807) is 6.07 Å². The number of benzene rings is 1. The first-order valence-corrected chi connectivity index (χ1v) is 7.89. The first-order valence-electron chi connectivity index (χ1n) is 7.14. The van der Waals surface area contributed by atoms with E-state index >= 15 is 0 Å². The van der Waals surface area contributed by atoms with Crippen LogP contribution in [0.25, 0.3) is 0 Å². The van der Waals surface area contributed by atoms with Gasteiger partial charge in [-0.25, -0.2) is 0 Å². The molecule has 1 fully saturated rings. The first-order chi connectivity index (χ1) is 10.2.